The third kappa shape index (κ3) is 2.91. The van der Waals surface area contributed by atoms with E-state index in [0.717, 1.165) is 11.4 Å². The second-order valence-corrected chi connectivity index (χ2v) is 3.53. The molecule has 0 atom stereocenters. The number of nitrogens with one attached hydrogen (secondary N) is 1. The molecule has 94 valence electrons. The van der Waals surface area contributed by atoms with Crippen molar-refractivity contribution < 1.29 is 4.74 Å². The van der Waals surface area contributed by atoms with Crippen LogP contribution >= 0.6 is 12.4 Å². The summed E-state index contributed by atoms with van der Waals surface area (Å²) in [5.41, 5.74) is 1.98. The predicted molar refractivity (Wildman–Crippen MR) is 67.5 cm³/mol. The van der Waals surface area contributed by atoms with Gasteiger partial charge in [0.1, 0.15) is 5.69 Å². The quantitative estimate of drug-likeness (QED) is 0.894. The molecule has 2 aromatic rings. The molecule has 1 N–H and O–H groups in total. The molecule has 17 heavy (non-hydrogen) atoms. The Bertz CT molecular complexity index is 479. The van der Waals surface area contributed by atoms with Gasteiger partial charge in [0.25, 0.3) is 5.88 Å². The van der Waals surface area contributed by atoms with Gasteiger partial charge >= 0.3 is 0 Å². The lowest BCUT2D eigenvalue weighted by Crippen LogP contribution is -2.05. The molecule has 0 aromatic carbocycles. The smallest absolute Gasteiger partial charge is 0.256 e. The Labute approximate surface area is 106 Å². The first-order chi connectivity index (χ1) is 7.70. The normalized spacial score (nSPS) is 9.82. The molecule has 6 nitrogen and oxygen atoms in total. The second kappa shape index (κ2) is 5.58. The zero-order valence-corrected chi connectivity index (χ0v) is 10.9. The summed E-state index contributed by atoms with van der Waals surface area (Å²) in [7, 11) is 5.38. The molecule has 0 aliphatic heterocycles. The summed E-state index contributed by atoms with van der Waals surface area (Å²) in [6, 6.07) is 1.97. The summed E-state index contributed by atoms with van der Waals surface area (Å²) < 4.78 is 8.69. The van der Waals surface area contributed by atoms with Crippen molar-refractivity contribution >= 4 is 18.1 Å². The van der Waals surface area contributed by atoms with Crippen LogP contribution in [-0.2, 0) is 20.6 Å². The zero-order valence-electron chi connectivity index (χ0n) is 10.0. The zero-order chi connectivity index (χ0) is 11.5. The van der Waals surface area contributed by atoms with Gasteiger partial charge in [0.05, 0.1) is 25.5 Å². The fourth-order valence-electron chi connectivity index (χ4n) is 1.50. The minimum absolute atomic E-state index is 0. The molecule has 0 unspecified atom stereocenters. The van der Waals surface area contributed by atoms with Crippen molar-refractivity contribution in [3.63, 3.8) is 0 Å². The van der Waals surface area contributed by atoms with Crippen molar-refractivity contribution in [2.24, 2.45) is 14.1 Å². The molecule has 0 spiro atoms. The van der Waals surface area contributed by atoms with Crippen molar-refractivity contribution in [2.75, 3.05) is 12.4 Å². The monoisotopic (exact) mass is 257 g/mol. The molecule has 0 fully saturated rings. The van der Waals surface area contributed by atoms with Gasteiger partial charge in [0.15, 0.2) is 0 Å². The summed E-state index contributed by atoms with van der Waals surface area (Å²) in [5.74, 6) is 0.602. The van der Waals surface area contributed by atoms with E-state index in [0.29, 0.717) is 12.4 Å². The van der Waals surface area contributed by atoms with E-state index in [1.807, 2.05) is 31.0 Å². The van der Waals surface area contributed by atoms with Crippen LogP contribution in [0.15, 0.2) is 18.5 Å². The predicted octanol–water partition coefficient (Wildman–Crippen LogP) is 1.20. The van der Waals surface area contributed by atoms with Crippen molar-refractivity contribution in [3.05, 3.63) is 24.2 Å². The van der Waals surface area contributed by atoms with Crippen LogP contribution in [0.2, 0.25) is 0 Å². The third-order valence-electron chi connectivity index (χ3n) is 2.37. The summed E-state index contributed by atoms with van der Waals surface area (Å²) in [6.45, 7) is 0.693. The maximum Gasteiger partial charge on any atom is 0.256 e. The minimum Gasteiger partial charge on any atom is -0.478 e. The number of hydrogen-bond donors (Lipinski definition) is 1. The highest BCUT2D eigenvalue weighted by Crippen LogP contribution is 2.21. The summed E-state index contributed by atoms with van der Waals surface area (Å²) in [6.07, 6.45) is 3.66. The highest BCUT2D eigenvalue weighted by molar-refractivity contribution is 5.85. The number of aromatic nitrogens is 4. The highest BCUT2D eigenvalue weighted by Gasteiger charge is 2.07. The molecule has 2 aromatic heterocycles. The molecule has 2 heterocycles. The Morgan fingerprint density at radius 3 is 2.76 bits per heavy atom. The molecule has 2 rings (SSSR count). The van der Waals surface area contributed by atoms with Gasteiger partial charge in [0, 0.05) is 20.3 Å². The second-order valence-electron chi connectivity index (χ2n) is 3.53. The number of aryl methyl sites for hydroxylation is 2. The fourth-order valence-corrected chi connectivity index (χ4v) is 1.50. The Morgan fingerprint density at radius 1 is 1.41 bits per heavy atom. The van der Waals surface area contributed by atoms with Crippen LogP contribution in [0.25, 0.3) is 0 Å². The van der Waals surface area contributed by atoms with Crippen molar-refractivity contribution in [2.45, 2.75) is 6.54 Å². The van der Waals surface area contributed by atoms with Gasteiger partial charge in [-0.1, -0.05) is 0 Å². The van der Waals surface area contributed by atoms with Crippen LogP contribution < -0.4 is 10.1 Å². The van der Waals surface area contributed by atoms with Gasteiger partial charge in [0.2, 0.25) is 0 Å². The van der Waals surface area contributed by atoms with E-state index in [9.17, 15) is 0 Å². The molecule has 0 saturated carbocycles. The number of nitrogens with zero attached hydrogens (tertiary/aromatic N) is 4. The first-order valence-electron chi connectivity index (χ1n) is 4.99. The van der Waals surface area contributed by atoms with Gasteiger partial charge in [-0.2, -0.15) is 5.10 Å². The topological polar surface area (TPSA) is 56.9 Å². The molecule has 0 amide bonds. The van der Waals surface area contributed by atoms with Crippen molar-refractivity contribution in [1.82, 2.24) is 19.6 Å². The first kappa shape index (κ1) is 13.4. The molecule has 0 radical (unpaired) electrons. The standard InChI is InChI=1S/C10H15N5O.ClH/c1-14-7-9(10(13-14)16-3)11-6-8-4-5-12-15(8)2;/h4-5,7,11H,6H2,1-3H3;1H. The van der Waals surface area contributed by atoms with E-state index >= 15 is 0 Å². The SMILES string of the molecule is COc1nn(C)cc1NCc1ccnn1C.Cl. The Hall–Kier alpha value is -1.69. The van der Waals surface area contributed by atoms with Gasteiger partial charge in [-0.05, 0) is 6.07 Å². The molecular formula is C10H16ClN5O. The Kier molecular flexibility index (Phi) is 4.39. The molecule has 0 aliphatic rings. The van der Waals surface area contributed by atoms with E-state index in [1.54, 1.807) is 18.0 Å². The molecule has 0 saturated heterocycles. The van der Waals surface area contributed by atoms with Crippen molar-refractivity contribution in [1.29, 1.82) is 0 Å². The van der Waals surface area contributed by atoms with Crippen LogP contribution in [-0.4, -0.2) is 26.7 Å². The van der Waals surface area contributed by atoms with Gasteiger partial charge in [-0.15, -0.1) is 17.5 Å². The molecule has 7 heteroatoms. The van der Waals surface area contributed by atoms with E-state index in [1.165, 1.54) is 0 Å². The van der Waals surface area contributed by atoms with Gasteiger partial charge < -0.3 is 10.1 Å². The van der Waals surface area contributed by atoms with Crippen LogP contribution in [0.5, 0.6) is 5.88 Å². The third-order valence-corrected chi connectivity index (χ3v) is 2.37. The lowest BCUT2D eigenvalue weighted by molar-refractivity contribution is 0.393. The molecule has 0 aliphatic carbocycles. The average molecular weight is 258 g/mol. The van der Waals surface area contributed by atoms with E-state index in [2.05, 4.69) is 15.5 Å². The lowest BCUT2D eigenvalue weighted by Gasteiger charge is -2.05. The van der Waals surface area contributed by atoms with E-state index in [4.69, 9.17) is 4.74 Å². The summed E-state index contributed by atoms with van der Waals surface area (Å²) in [4.78, 5) is 0. The lowest BCUT2D eigenvalue weighted by atomic mass is 10.4. The van der Waals surface area contributed by atoms with Crippen LogP contribution in [0.1, 0.15) is 5.69 Å². The summed E-state index contributed by atoms with van der Waals surface area (Å²) >= 11 is 0. The number of methoxy groups -OCH3 is 1. The highest BCUT2D eigenvalue weighted by atomic mass is 35.5. The fraction of sp³-hybridized carbons (Fsp3) is 0.400. The summed E-state index contributed by atoms with van der Waals surface area (Å²) in [5, 5.41) is 11.5. The number of anilines is 1. The average Bonchev–Trinajstić information content (AvgIpc) is 2.81. The first-order valence-corrected chi connectivity index (χ1v) is 4.99. The Morgan fingerprint density at radius 2 is 2.18 bits per heavy atom. The maximum absolute atomic E-state index is 5.15. The molecule has 0 bridgehead atoms. The van der Waals surface area contributed by atoms with Crippen LogP contribution in [0, 0.1) is 0 Å². The van der Waals surface area contributed by atoms with E-state index in [-0.39, 0.29) is 12.4 Å². The maximum atomic E-state index is 5.15. The van der Waals surface area contributed by atoms with Gasteiger partial charge in [-0.3, -0.25) is 9.36 Å². The largest absolute Gasteiger partial charge is 0.478 e. The van der Waals surface area contributed by atoms with Crippen LogP contribution in [0.4, 0.5) is 5.69 Å². The number of halogens is 1. The number of ether oxygens (including phenoxy) is 1. The van der Waals surface area contributed by atoms with Crippen LogP contribution in [0.3, 0.4) is 0 Å². The number of rotatable bonds is 4. The number of hydrogen-bond acceptors (Lipinski definition) is 4. The Balaban J connectivity index is 0.00000144. The molecular weight excluding hydrogens is 242 g/mol. The van der Waals surface area contributed by atoms with Crippen molar-refractivity contribution in [3.8, 4) is 5.88 Å². The van der Waals surface area contributed by atoms with E-state index < -0.39 is 0 Å². The van der Waals surface area contributed by atoms with Gasteiger partial charge in [-0.25, -0.2) is 0 Å². The minimum atomic E-state index is 0.